The minimum absolute atomic E-state index is 0.223. The molecule has 0 saturated heterocycles. The molecule has 1 unspecified atom stereocenters. The third kappa shape index (κ3) is 4.43. The Balaban J connectivity index is 2.16. The van der Waals surface area contributed by atoms with Crippen molar-refractivity contribution < 1.29 is 9.84 Å². The molecule has 0 radical (unpaired) electrons. The second-order valence-electron chi connectivity index (χ2n) is 4.39. The van der Waals surface area contributed by atoms with Crippen molar-refractivity contribution >= 4 is 0 Å². The van der Waals surface area contributed by atoms with Gasteiger partial charge in [0.1, 0.15) is 0 Å². The molecule has 0 amide bonds. The molecule has 1 atom stereocenters. The van der Waals surface area contributed by atoms with Gasteiger partial charge in [-0.1, -0.05) is 32.6 Å². The maximum atomic E-state index is 9.90. The molecule has 1 fully saturated rings. The van der Waals surface area contributed by atoms with Gasteiger partial charge in [-0.2, -0.15) is 0 Å². The summed E-state index contributed by atoms with van der Waals surface area (Å²) in [6.45, 7) is 3.42. The number of aliphatic hydroxyl groups is 1. The van der Waals surface area contributed by atoms with Crippen molar-refractivity contribution in [3.05, 3.63) is 0 Å². The van der Waals surface area contributed by atoms with Crippen LogP contribution in [0.5, 0.6) is 0 Å². The molecule has 1 aliphatic carbocycles. The van der Waals surface area contributed by atoms with Crippen LogP contribution in [0.1, 0.15) is 51.9 Å². The van der Waals surface area contributed by atoms with E-state index in [1.807, 2.05) is 0 Å². The topological polar surface area (TPSA) is 29.5 Å². The highest BCUT2D eigenvalue weighted by Crippen LogP contribution is 2.25. The van der Waals surface area contributed by atoms with E-state index in [0.29, 0.717) is 12.5 Å². The van der Waals surface area contributed by atoms with Crippen LogP contribution in [-0.4, -0.2) is 24.4 Å². The van der Waals surface area contributed by atoms with Gasteiger partial charge >= 0.3 is 0 Å². The summed E-state index contributed by atoms with van der Waals surface area (Å²) in [7, 11) is 0. The van der Waals surface area contributed by atoms with Crippen molar-refractivity contribution in [3.8, 4) is 0 Å². The molecule has 84 valence electrons. The average Bonchev–Trinajstić information content (AvgIpc) is 2.46. The first-order valence-corrected chi connectivity index (χ1v) is 6.10. The SMILES string of the molecule is CCCOCC(O)C1CCCCCC1. The Labute approximate surface area is 87.7 Å². The van der Waals surface area contributed by atoms with Crippen LogP contribution in [0.4, 0.5) is 0 Å². The third-order valence-electron chi connectivity index (χ3n) is 3.08. The van der Waals surface area contributed by atoms with E-state index in [4.69, 9.17) is 4.74 Å². The van der Waals surface area contributed by atoms with Crippen LogP contribution in [0.25, 0.3) is 0 Å². The fourth-order valence-corrected chi connectivity index (χ4v) is 2.18. The zero-order valence-corrected chi connectivity index (χ0v) is 9.37. The van der Waals surface area contributed by atoms with Crippen LogP contribution in [0, 0.1) is 5.92 Å². The smallest absolute Gasteiger partial charge is 0.0801 e. The van der Waals surface area contributed by atoms with Gasteiger partial charge in [-0.05, 0) is 25.2 Å². The Kier molecular flexibility index (Phi) is 6.20. The van der Waals surface area contributed by atoms with Crippen molar-refractivity contribution in [1.82, 2.24) is 0 Å². The van der Waals surface area contributed by atoms with E-state index < -0.39 is 0 Å². The molecule has 14 heavy (non-hydrogen) atoms. The predicted molar refractivity (Wildman–Crippen MR) is 58.3 cm³/mol. The first-order chi connectivity index (χ1) is 6.84. The maximum absolute atomic E-state index is 9.90. The zero-order valence-electron chi connectivity index (χ0n) is 9.37. The molecule has 0 aliphatic heterocycles. The van der Waals surface area contributed by atoms with Crippen molar-refractivity contribution in [2.45, 2.75) is 58.0 Å². The summed E-state index contributed by atoms with van der Waals surface area (Å²) in [5.74, 6) is 0.495. The second kappa shape index (κ2) is 7.24. The fraction of sp³-hybridized carbons (Fsp3) is 1.00. The molecule has 0 aromatic heterocycles. The van der Waals surface area contributed by atoms with E-state index in [-0.39, 0.29) is 6.10 Å². The number of hydrogen-bond acceptors (Lipinski definition) is 2. The highest BCUT2D eigenvalue weighted by Gasteiger charge is 2.20. The maximum Gasteiger partial charge on any atom is 0.0801 e. The molecular weight excluding hydrogens is 176 g/mol. The summed E-state index contributed by atoms with van der Waals surface area (Å²) in [5.41, 5.74) is 0. The number of rotatable bonds is 5. The molecule has 2 nitrogen and oxygen atoms in total. The number of hydrogen-bond donors (Lipinski definition) is 1. The normalized spacial score (nSPS) is 21.9. The summed E-state index contributed by atoms with van der Waals surface area (Å²) >= 11 is 0. The molecule has 0 aromatic carbocycles. The highest BCUT2D eigenvalue weighted by atomic mass is 16.5. The molecule has 1 aliphatic rings. The largest absolute Gasteiger partial charge is 0.390 e. The van der Waals surface area contributed by atoms with Gasteiger partial charge in [0.15, 0.2) is 0 Å². The van der Waals surface area contributed by atoms with E-state index in [0.717, 1.165) is 13.0 Å². The summed E-state index contributed by atoms with van der Waals surface area (Å²) in [6.07, 6.45) is 8.47. The standard InChI is InChI=1S/C12H24O2/c1-2-9-14-10-12(13)11-7-5-3-4-6-8-11/h11-13H,2-10H2,1H3. The van der Waals surface area contributed by atoms with Gasteiger partial charge in [0.2, 0.25) is 0 Å². The summed E-state index contributed by atoms with van der Waals surface area (Å²) in [5, 5.41) is 9.90. The van der Waals surface area contributed by atoms with Gasteiger partial charge < -0.3 is 9.84 Å². The Hall–Kier alpha value is -0.0800. The number of aliphatic hydroxyl groups excluding tert-OH is 1. The van der Waals surface area contributed by atoms with Crippen LogP contribution < -0.4 is 0 Å². The Morgan fingerprint density at radius 2 is 1.86 bits per heavy atom. The Bertz CT molecular complexity index is 128. The van der Waals surface area contributed by atoms with Gasteiger partial charge in [0.05, 0.1) is 12.7 Å². The van der Waals surface area contributed by atoms with Gasteiger partial charge in [0, 0.05) is 6.61 Å². The van der Waals surface area contributed by atoms with Crippen molar-refractivity contribution in [2.24, 2.45) is 5.92 Å². The predicted octanol–water partition coefficient (Wildman–Crippen LogP) is 2.74. The van der Waals surface area contributed by atoms with Crippen molar-refractivity contribution in [2.75, 3.05) is 13.2 Å². The van der Waals surface area contributed by atoms with E-state index >= 15 is 0 Å². The molecule has 0 heterocycles. The van der Waals surface area contributed by atoms with Crippen LogP contribution in [0.3, 0.4) is 0 Å². The third-order valence-corrected chi connectivity index (χ3v) is 3.08. The molecule has 2 heteroatoms. The van der Waals surface area contributed by atoms with Crippen molar-refractivity contribution in [1.29, 1.82) is 0 Å². The zero-order chi connectivity index (χ0) is 10.2. The van der Waals surface area contributed by atoms with E-state index in [1.54, 1.807) is 0 Å². The summed E-state index contributed by atoms with van der Waals surface area (Å²) < 4.78 is 5.39. The molecular formula is C12H24O2. The lowest BCUT2D eigenvalue weighted by molar-refractivity contribution is 0.00104. The monoisotopic (exact) mass is 200 g/mol. The highest BCUT2D eigenvalue weighted by molar-refractivity contribution is 4.71. The van der Waals surface area contributed by atoms with Crippen LogP contribution in [0.15, 0.2) is 0 Å². The fourth-order valence-electron chi connectivity index (χ4n) is 2.18. The van der Waals surface area contributed by atoms with Crippen LogP contribution in [-0.2, 0) is 4.74 Å². The Morgan fingerprint density at radius 3 is 2.43 bits per heavy atom. The van der Waals surface area contributed by atoms with Gasteiger partial charge in [-0.25, -0.2) is 0 Å². The minimum atomic E-state index is -0.223. The molecule has 0 spiro atoms. The Morgan fingerprint density at radius 1 is 1.21 bits per heavy atom. The van der Waals surface area contributed by atoms with Crippen molar-refractivity contribution in [3.63, 3.8) is 0 Å². The average molecular weight is 200 g/mol. The lowest BCUT2D eigenvalue weighted by Crippen LogP contribution is -2.25. The summed E-state index contributed by atoms with van der Waals surface area (Å²) in [6, 6.07) is 0. The van der Waals surface area contributed by atoms with Crippen LogP contribution >= 0.6 is 0 Å². The van der Waals surface area contributed by atoms with Gasteiger partial charge in [-0.3, -0.25) is 0 Å². The first kappa shape index (κ1) is 12.0. The lowest BCUT2D eigenvalue weighted by Gasteiger charge is -2.20. The molecule has 0 bridgehead atoms. The van der Waals surface area contributed by atoms with Gasteiger partial charge in [-0.15, -0.1) is 0 Å². The molecule has 1 rings (SSSR count). The number of ether oxygens (including phenoxy) is 1. The molecule has 0 aromatic rings. The first-order valence-electron chi connectivity index (χ1n) is 6.10. The van der Waals surface area contributed by atoms with E-state index in [1.165, 1.54) is 38.5 Å². The minimum Gasteiger partial charge on any atom is -0.390 e. The van der Waals surface area contributed by atoms with E-state index in [9.17, 15) is 5.11 Å². The lowest BCUT2D eigenvalue weighted by atomic mass is 9.94. The molecule has 1 saturated carbocycles. The quantitative estimate of drug-likeness (QED) is 0.546. The summed E-state index contributed by atoms with van der Waals surface area (Å²) in [4.78, 5) is 0. The van der Waals surface area contributed by atoms with E-state index in [2.05, 4.69) is 6.92 Å². The van der Waals surface area contributed by atoms with Gasteiger partial charge in [0.25, 0.3) is 0 Å². The second-order valence-corrected chi connectivity index (χ2v) is 4.39. The molecule has 1 N–H and O–H groups in total. The van der Waals surface area contributed by atoms with Crippen LogP contribution in [0.2, 0.25) is 0 Å².